The average molecular weight is 265 g/mol. The lowest BCUT2D eigenvalue weighted by Crippen LogP contribution is -2.00. The molecule has 0 aliphatic heterocycles. The summed E-state index contributed by atoms with van der Waals surface area (Å²) >= 11 is 6.07. The van der Waals surface area contributed by atoms with Gasteiger partial charge in [0, 0.05) is 17.2 Å². The van der Waals surface area contributed by atoms with E-state index in [1.54, 1.807) is 26.2 Å². The molecular formula is C13H13ClN2O2. The highest BCUT2D eigenvalue weighted by molar-refractivity contribution is 6.32. The van der Waals surface area contributed by atoms with E-state index in [9.17, 15) is 0 Å². The summed E-state index contributed by atoms with van der Waals surface area (Å²) in [5.41, 5.74) is 1.78. The van der Waals surface area contributed by atoms with E-state index in [1.165, 1.54) is 7.11 Å². The highest BCUT2D eigenvalue weighted by atomic mass is 35.5. The van der Waals surface area contributed by atoms with Crippen LogP contribution >= 0.6 is 11.6 Å². The minimum atomic E-state index is 0.396. The molecule has 5 heteroatoms. The monoisotopic (exact) mass is 264 g/mol. The van der Waals surface area contributed by atoms with Gasteiger partial charge in [0.2, 0.25) is 5.88 Å². The van der Waals surface area contributed by atoms with Gasteiger partial charge in [0.15, 0.2) is 0 Å². The number of hydrogen-bond donors (Lipinski definition) is 1. The van der Waals surface area contributed by atoms with Crippen molar-refractivity contribution in [2.45, 2.75) is 6.92 Å². The molecule has 0 saturated carbocycles. The average Bonchev–Trinajstić information content (AvgIpc) is 2.36. The van der Waals surface area contributed by atoms with E-state index in [4.69, 9.17) is 26.5 Å². The Morgan fingerprint density at radius 2 is 1.94 bits per heavy atom. The summed E-state index contributed by atoms with van der Waals surface area (Å²) in [5.74, 6) is 0.998. The van der Waals surface area contributed by atoms with Gasteiger partial charge in [0.05, 0.1) is 30.3 Å². The van der Waals surface area contributed by atoms with E-state index in [0.717, 1.165) is 10.9 Å². The predicted molar refractivity (Wildman–Crippen MR) is 72.4 cm³/mol. The zero-order chi connectivity index (χ0) is 13.3. The van der Waals surface area contributed by atoms with E-state index in [1.807, 2.05) is 6.07 Å². The first-order chi connectivity index (χ1) is 8.56. The molecule has 94 valence electrons. The Hall–Kier alpha value is -1.81. The maximum Gasteiger partial charge on any atom is 0.222 e. The molecule has 0 amide bonds. The van der Waals surface area contributed by atoms with Gasteiger partial charge in [-0.3, -0.25) is 0 Å². The normalized spacial score (nSPS) is 10.4. The number of hydrogen-bond acceptors (Lipinski definition) is 4. The van der Waals surface area contributed by atoms with Gasteiger partial charge in [0.1, 0.15) is 5.75 Å². The van der Waals surface area contributed by atoms with Crippen LogP contribution in [0.2, 0.25) is 5.02 Å². The van der Waals surface area contributed by atoms with Crippen molar-refractivity contribution in [3.05, 3.63) is 28.8 Å². The van der Waals surface area contributed by atoms with Gasteiger partial charge < -0.3 is 14.9 Å². The fourth-order valence-electron chi connectivity index (χ4n) is 1.74. The van der Waals surface area contributed by atoms with Gasteiger partial charge in [-0.15, -0.1) is 0 Å². The van der Waals surface area contributed by atoms with E-state index < -0.39 is 0 Å². The Balaban J connectivity index is 2.75. The lowest BCUT2D eigenvalue weighted by Gasteiger charge is -2.10. The fraction of sp³-hybridized carbons (Fsp3) is 0.231. The second-order valence-electron chi connectivity index (χ2n) is 3.85. The first kappa shape index (κ1) is 12.6. The molecule has 0 aliphatic carbocycles. The lowest BCUT2D eigenvalue weighted by atomic mass is 10.1. The van der Waals surface area contributed by atoms with Crippen molar-refractivity contribution in [3.63, 3.8) is 0 Å². The van der Waals surface area contributed by atoms with Crippen LogP contribution in [0.3, 0.4) is 0 Å². The van der Waals surface area contributed by atoms with Crippen LogP contribution in [0, 0.1) is 5.41 Å². The molecule has 1 aromatic carbocycles. The van der Waals surface area contributed by atoms with Crippen LogP contribution in [-0.2, 0) is 0 Å². The number of pyridine rings is 1. The molecule has 4 nitrogen and oxygen atoms in total. The molecule has 2 aromatic rings. The van der Waals surface area contributed by atoms with Crippen LogP contribution in [0.4, 0.5) is 0 Å². The summed E-state index contributed by atoms with van der Waals surface area (Å²) in [7, 11) is 3.09. The van der Waals surface area contributed by atoms with Crippen LogP contribution in [0.1, 0.15) is 12.5 Å². The van der Waals surface area contributed by atoms with Crippen LogP contribution in [0.5, 0.6) is 11.6 Å². The molecule has 0 bridgehead atoms. The third kappa shape index (κ3) is 2.11. The highest BCUT2D eigenvalue weighted by Gasteiger charge is 2.11. The van der Waals surface area contributed by atoms with Gasteiger partial charge in [-0.1, -0.05) is 11.6 Å². The minimum Gasteiger partial charge on any atom is -0.495 e. The Morgan fingerprint density at radius 3 is 2.50 bits per heavy atom. The van der Waals surface area contributed by atoms with Gasteiger partial charge in [0.25, 0.3) is 0 Å². The van der Waals surface area contributed by atoms with Crippen molar-refractivity contribution in [2.75, 3.05) is 14.2 Å². The largest absolute Gasteiger partial charge is 0.495 e. The van der Waals surface area contributed by atoms with Crippen molar-refractivity contribution in [1.82, 2.24) is 4.98 Å². The second-order valence-corrected chi connectivity index (χ2v) is 4.26. The summed E-state index contributed by atoms with van der Waals surface area (Å²) < 4.78 is 10.3. The van der Waals surface area contributed by atoms with Gasteiger partial charge in [-0.05, 0) is 19.1 Å². The van der Waals surface area contributed by atoms with Crippen LogP contribution < -0.4 is 9.47 Å². The Morgan fingerprint density at radius 1 is 1.22 bits per heavy atom. The molecule has 0 saturated heterocycles. The first-order valence-electron chi connectivity index (χ1n) is 5.34. The summed E-state index contributed by atoms with van der Waals surface area (Å²) in [5, 5.41) is 9.08. The zero-order valence-corrected chi connectivity index (χ0v) is 11.1. The van der Waals surface area contributed by atoms with Gasteiger partial charge >= 0.3 is 0 Å². The first-order valence-corrected chi connectivity index (χ1v) is 5.72. The molecule has 0 fully saturated rings. The molecule has 18 heavy (non-hydrogen) atoms. The van der Waals surface area contributed by atoms with Crippen LogP contribution in [0.15, 0.2) is 18.2 Å². The third-order valence-electron chi connectivity index (χ3n) is 2.65. The van der Waals surface area contributed by atoms with Crippen molar-refractivity contribution in [1.29, 1.82) is 5.41 Å². The van der Waals surface area contributed by atoms with Crippen LogP contribution in [-0.4, -0.2) is 24.9 Å². The van der Waals surface area contributed by atoms with E-state index in [0.29, 0.717) is 27.9 Å². The van der Waals surface area contributed by atoms with Crippen molar-refractivity contribution < 1.29 is 9.47 Å². The van der Waals surface area contributed by atoms with E-state index in [-0.39, 0.29) is 0 Å². The van der Waals surface area contributed by atoms with Crippen LogP contribution in [0.25, 0.3) is 10.9 Å². The second kappa shape index (κ2) is 4.82. The van der Waals surface area contributed by atoms with E-state index >= 15 is 0 Å². The lowest BCUT2D eigenvalue weighted by molar-refractivity contribution is 0.398. The number of nitrogens with one attached hydrogen (secondary N) is 1. The molecular weight excluding hydrogens is 252 g/mol. The molecule has 0 spiro atoms. The molecule has 0 unspecified atom stereocenters. The maximum atomic E-state index is 7.71. The fourth-order valence-corrected chi connectivity index (χ4v) is 1.99. The molecule has 1 N–H and O–H groups in total. The number of nitrogens with zero attached hydrogens (tertiary/aromatic N) is 1. The van der Waals surface area contributed by atoms with Crippen molar-refractivity contribution in [3.8, 4) is 11.6 Å². The summed E-state index contributed by atoms with van der Waals surface area (Å²) in [4.78, 5) is 4.36. The molecule has 1 heterocycles. The number of methoxy groups -OCH3 is 2. The molecule has 0 atom stereocenters. The predicted octanol–water partition coefficient (Wildman–Crippen LogP) is 3.29. The smallest absolute Gasteiger partial charge is 0.222 e. The molecule has 0 aliphatic rings. The number of benzene rings is 1. The Kier molecular flexibility index (Phi) is 3.39. The third-order valence-corrected chi connectivity index (χ3v) is 2.95. The summed E-state index contributed by atoms with van der Waals surface area (Å²) in [6, 6.07) is 5.37. The number of aromatic nitrogens is 1. The number of ether oxygens (including phenoxy) is 2. The topological polar surface area (TPSA) is 55.2 Å². The molecule has 2 rings (SSSR count). The number of halogens is 1. The number of fused-ring (bicyclic) bond motifs is 1. The number of rotatable bonds is 3. The molecule has 1 aromatic heterocycles. The summed E-state index contributed by atoms with van der Waals surface area (Å²) in [6.07, 6.45) is 0. The van der Waals surface area contributed by atoms with Crippen molar-refractivity contribution in [2.24, 2.45) is 0 Å². The van der Waals surface area contributed by atoms with Gasteiger partial charge in [-0.25, -0.2) is 4.98 Å². The highest BCUT2D eigenvalue weighted by Crippen LogP contribution is 2.31. The zero-order valence-electron chi connectivity index (χ0n) is 10.4. The van der Waals surface area contributed by atoms with Gasteiger partial charge in [-0.2, -0.15) is 0 Å². The quantitative estimate of drug-likeness (QED) is 0.866. The SMILES string of the molecule is COc1cc2nc(OC)c(C(C)=N)cc2cc1Cl. The Bertz CT molecular complexity index is 626. The Labute approximate surface area is 110 Å². The van der Waals surface area contributed by atoms with Crippen molar-refractivity contribution >= 4 is 28.2 Å². The minimum absolute atomic E-state index is 0.396. The standard InChI is InChI=1S/C13H13ClN2O2/c1-7(15)9-4-8-5-10(14)12(17-2)6-11(8)16-13(9)18-3/h4-6,15H,1-3H3. The van der Waals surface area contributed by atoms with E-state index in [2.05, 4.69) is 4.98 Å². The molecule has 0 radical (unpaired) electrons. The summed E-state index contributed by atoms with van der Waals surface area (Å²) in [6.45, 7) is 1.69. The maximum absolute atomic E-state index is 7.71.